The molecule has 6 heteroatoms. The molecular formula is C25H28N4O2. The third-order valence-corrected chi connectivity index (χ3v) is 7.13. The Hall–Kier alpha value is -3.15. The van der Waals surface area contributed by atoms with Crippen LogP contribution in [-0.4, -0.2) is 33.0 Å². The van der Waals surface area contributed by atoms with Crippen molar-refractivity contribution in [2.24, 2.45) is 18.9 Å². The molecule has 5 rings (SSSR count). The number of aromatic nitrogens is 3. The highest BCUT2D eigenvalue weighted by atomic mass is 16.3. The summed E-state index contributed by atoms with van der Waals surface area (Å²) in [5.74, 6) is 2.75. The molecule has 1 unspecified atom stereocenters. The second-order valence-electron chi connectivity index (χ2n) is 9.15. The van der Waals surface area contributed by atoms with Crippen LogP contribution in [-0.2, 0) is 7.05 Å². The number of hydrogen-bond acceptors (Lipinski definition) is 5. The molecule has 0 aliphatic heterocycles. The quantitative estimate of drug-likeness (QED) is 0.689. The minimum atomic E-state index is -0.0855. The molecule has 2 aromatic heterocycles. The average molecular weight is 417 g/mol. The van der Waals surface area contributed by atoms with Crippen molar-refractivity contribution in [2.45, 2.75) is 38.1 Å². The lowest BCUT2D eigenvalue weighted by atomic mass is 9.85. The van der Waals surface area contributed by atoms with Gasteiger partial charge in [0.2, 0.25) is 0 Å². The van der Waals surface area contributed by atoms with Crippen LogP contribution >= 0.6 is 0 Å². The SMILES string of the molecule is CN(c1ccc(-c2ccc(-c3ccn(C)c(=O)c3)cc2O)nn1)C1C[C@H]2CC[C@@H](C1)C2. The van der Waals surface area contributed by atoms with E-state index in [1.165, 1.54) is 36.7 Å². The molecule has 160 valence electrons. The number of nitrogens with zero attached hydrogens (tertiary/aromatic N) is 4. The number of rotatable bonds is 4. The molecule has 2 bridgehead atoms. The minimum absolute atomic E-state index is 0.0855. The Bertz CT molecular complexity index is 1140. The topological polar surface area (TPSA) is 71.2 Å². The first kappa shape index (κ1) is 19.8. The summed E-state index contributed by atoms with van der Waals surface area (Å²) in [6.45, 7) is 0. The zero-order chi connectivity index (χ0) is 21.5. The summed E-state index contributed by atoms with van der Waals surface area (Å²) >= 11 is 0. The van der Waals surface area contributed by atoms with Crippen LogP contribution in [0.15, 0.2) is 53.5 Å². The van der Waals surface area contributed by atoms with Crippen molar-refractivity contribution in [3.8, 4) is 28.1 Å². The number of benzene rings is 1. The van der Waals surface area contributed by atoms with Crippen molar-refractivity contribution in [1.29, 1.82) is 0 Å². The van der Waals surface area contributed by atoms with Gasteiger partial charge in [0.15, 0.2) is 5.82 Å². The summed E-state index contributed by atoms with van der Waals surface area (Å²) in [7, 11) is 3.83. The molecule has 0 amide bonds. The molecule has 2 fully saturated rings. The lowest BCUT2D eigenvalue weighted by molar-refractivity contribution is 0.312. The van der Waals surface area contributed by atoms with Crippen molar-refractivity contribution >= 4 is 5.82 Å². The molecule has 1 aromatic carbocycles. The third kappa shape index (κ3) is 3.82. The van der Waals surface area contributed by atoms with Gasteiger partial charge in [0.25, 0.3) is 5.56 Å². The zero-order valence-corrected chi connectivity index (χ0v) is 18.0. The third-order valence-electron chi connectivity index (χ3n) is 7.13. The molecule has 2 aliphatic carbocycles. The van der Waals surface area contributed by atoms with Crippen LogP contribution < -0.4 is 10.5 Å². The maximum atomic E-state index is 11.9. The van der Waals surface area contributed by atoms with Gasteiger partial charge in [-0.1, -0.05) is 18.9 Å². The first-order chi connectivity index (χ1) is 15.0. The first-order valence-electron chi connectivity index (χ1n) is 11.0. The predicted molar refractivity (Wildman–Crippen MR) is 122 cm³/mol. The second kappa shape index (κ2) is 7.84. The largest absolute Gasteiger partial charge is 0.507 e. The molecule has 31 heavy (non-hydrogen) atoms. The molecule has 2 saturated carbocycles. The summed E-state index contributed by atoms with van der Waals surface area (Å²) in [5.41, 5.74) is 2.74. The molecule has 0 saturated heterocycles. The fourth-order valence-electron chi connectivity index (χ4n) is 5.29. The maximum absolute atomic E-state index is 11.9. The van der Waals surface area contributed by atoms with Crippen LogP contribution in [0.5, 0.6) is 5.75 Å². The van der Waals surface area contributed by atoms with E-state index in [9.17, 15) is 9.90 Å². The van der Waals surface area contributed by atoms with Crippen molar-refractivity contribution < 1.29 is 5.11 Å². The normalized spacial score (nSPS) is 22.5. The van der Waals surface area contributed by atoms with Crippen LogP contribution in [0.4, 0.5) is 5.82 Å². The van der Waals surface area contributed by atoms with Crippen molar-refractivity contribution in [2.75, 3.05) is 11.9 Å². The molecule has 2 aliphatic rings. The Morgan fingerprint density at radius 3 is 2.35 bits per heavy atom. The van der Waals surface area contributed by atoms with Gasteiger partial charge in [0.1, 0.15) is 5.75 Å². The predicted octanol–water partition coefficient (Wildman–Crippen LogP) is 4.23. The van der Waals surface area contributed by atoms with E-state index < -0.39 is 0 Å². The van der Waals surface area contributed by atoms with Crippen molar-refractivity contribution in [3.63, 3.8) is 0 Å². The number of phenols is 1. The van der Waals surface area contributed by atoms with Crippen LogP contribution in [0.25, 0.3) is 22.4 Å². The lowest BCUT2D eigenvalue weighted by Gasteiger charge is -2.35. The summed E-state index contributed by atoms with van der Waals surface area (Å²) in [6, 6.07) is 13.3. The summed E-state index contributed by atoms with van der Waals surface area (Å²) in [4.78, 5) is 14.2. The highest BCUT2D eigenvalue weighted by Gasteiger charge is 2.36. The Morgan fingerprint density at radius 2 is 1.71 bits per heavy atom. The monoisotopic (exact) mass is 416 g/mol. The molecule has 1 N–H and O–H groups in total. The van der Waals surface area contributed by atoms with Gasteiger partial charge in [-0.15, -0.1) is 10.2 Å². The van der Waals surface area contributed by atoms with E-state index in [1.807, 2.05) is 30.3 Å². The fourth-order valence-corrected chi connectivity index (χ4v) is 5.29. The highest BCUT2D eigenvalue weighted by Crippen LogP contribution is 2.43. The molecular weight excluding hydrogens is 388 g/mol. The maximum Gasteiger partial charge on any atom is 0.250 e. The number of anilines is 1. The van der Waals surface area contributed by atoms with Gasteiger partial charge in [-0.25, -0.2) is 0 Å². The van der Waals surface area contributed by atoms with Crippen LogP contribution in [0, 0.1) is 11.8 Å². The van der Waals surface area contributed by atoms with Crippen molar-refractivity contribution in [1.82, 2.24) is 14.8 Å². The molecule has 0 spiro atoms. The van der Waals surface area contributed by atoms with E-state index >= 15 is 0 Å². The van der Waals surface area contributed by atoms with E-state index in [-0.39, 0.29) is 11.3 Å². The Kier molecular flexibility index (Phi) is 5.00. The van der Waals surface area contributed by atoms with Crippen LogP contribution in [0.3, 0.4) is 0 Å². The molecule has 2 heterocycles. The van der Waals surface area contributed by atoms with E-state index in [2.05, 4.69) is 22.1 Å². The van der Waals surface area contributed by atoms with E-state index in [0.717, 1.165) is 28.8 Å². The van der Waals surface area contributed by atoms with Gasteiger partial charge in [-0.3, -0.25) is 4.79 Å². The summed E-state index contributed by atoms with van der Waals surface area (Å²) in [6.07, 6.45) is 8.39. The second-order valence-corrected chi connectivity index (χ2v) is 9.15. The molecule has 0 radical (unpaired) electrons. The fraction of sp³-hybridized carbons (Fsp3) is 0.400. The number of phenolic OH excluding ortho intramolecular Hbond substituents is 1. The Balaban J connectivity index is 1.35. The zero-order valence-electron chi connectivity index (χ0n) is 18.0. The average Bonchev–Trinajstić information content (AvgIpc) is 3.12. The van der Waals surface area contributed by atoms with Gasteiger partial charge in [0, 0.05) is 38.0 Å². The minimum Gasteiger partial charge on any atom is -0.507 e. The van der Waals surface area contributed by atoms with E-state index in [0.29, 0.717) is 17.3 Å². The Morgan fingerprint density at radius 1 is 0.968 bits per heavy atom. The number of aromatic hydroxyl groups is 1. The number of hydrogen-bond donors (Lipinski definition) is 1. The van der Waals surface area contributed by atoms with Crippen molar-refractivity contribution in [3.05, 3.63) is 59.0 Å². The first-order valence-corrected chi connectivity index (χ1v) is 11.0. The van der Waals surface area contributed by atoms with Crippen LogP contribution in [0.1, 0.15) is 32.1 Å². The van der Waals surface area contributed by atoms with E-state index in [1.54, 1.807) is 25.4 Å². The van der Waals surface area contributed by atoms with Gasteiger partial charge in [-0.2, -0.15) is 0 Å². The Labute approximate surface area is 182 Å². The standard InChI is InChI=1S/C25H28N4O2/c1-28-10-9-19(15-25(28)31)18-5-6-21(23(30)14-18)22-7-8-24(27-26-22)29(2)20-12-16-3-4-17(11-16)13-20/h5-10,14-17,20,30H,3-4,11-13H2,1-2H3/t16-,17+,20?. The van der Waals surface area contributed by atoms with Gasteiger partial charge in [-0.05, 0) is 72.6 Å². The van der Waals surface area contributed by atoms with E-state index in [4.69, 9.17) is 0 Å². The lowest BCUT2D eigenvalue weighted by Crippen LogP contribution is -2.37. The number of fused-ring (bicyclic) bond motifs is 2. The van der Waals surface area contributed by atoms with Crippen LogP contribution in [0.2, 0.25) is 0 Å². The smallest absolute Gasteiger partial charge is 0.250 e. The molecule has 3 aromatic rings. The van der Waals surface area contributed by atoms with Gasteiger partial charge >= 0.3 is 0 Å². The number of aryl methyl sites for hydroxylation is 1. The van der Waals surface area contributed by atoms with Gasteiger partial charge < -0.3 is 14.6 Å². The number of pyridine rings is 1. The summed E-state index contributed by atoms with van der Waals surface area (Å²) in [5, 5.41) is 19.5. The summed E-state index contributed by atoms with van der Waals surface area (Å²) < 4.78 is 1.52. The molecule has 6 nitrogen and oxygen atoms in total. The van der Waals surface area contributed by atoms with Gasteiger partial charge in [0.05, 0.1) is 5.69 Å². The molecule has 3 atom stereocenters. The highest BCUT2D eigenvalue weighted by molar-refractivity contribution is 5.74.